The van der Waals surface area contributed by atoms with Crippen molar-refractivity contribution in [3.8, 4) is 33.8 Å². The topological polar surface area (TPSA) is 15.7 Å². The molecule has 64 heavy (non-hydrogen) atoms. The summed E-state index contributed by atoms with van der Waals surface area (Å²) in [6.07, 6.45) is 0. The van der Waals surface area contributed by atoms with Crippen LogP contribution in [0, 0.1) is 0 Å². The quantitative estimate of drug-likeness (QED) is 0.161. The molecule has 1 aromatic heterocycles. The molecule has 0 amide bonds. The third kappa shape index (κ3) is 5.28. The zero-order valence-corrected chi connectivity index (χ0v) is 39.8. The van der Waals surface area contributed by atoms with E-state index in [1.807, 2.05) is 11.3 Å². The van der Waals surface area contributed by atoms with Crippen molar-refractivity contribution in [2.45, 2.75) is 84.0 Å². The number of anilines is 4. The molecule has 0 radical (unpaired) electrons. The molecule has 2 aliphatic carbocycles. The molecule has 0 saturated heterocycles. The summed E-state index contributed by atoms with van der Waals surface area (Å²) in [6, 6.07) is 51.6. The highest BCUT2D eigenvalue weighted by Gasteiger charge is 2.54. The van der Waals surface area contributed by atoms with Crippen molar-refractivity contribution >= 4 is 66.6 Å². The average molecular weight is 851 g/mol. The molecule has 8 aromatic rings. The van der Waals surface area contributed by atoms with Gasteiger partial charge >= 0.3 is 0 Å². The molecule has 0 unspecified atom stereocenters. The Kier molecular flexibility index (Phi) is 8.06. The standard InChI is InChI=1S/C59H55BN2OS/c1-56(2,3)34-23-26-37(27-24-34)62-48-30-36(58(7,8)9)31-50-53(48)60(55-54(62)41-29-35(57(4,5)6)25-28-51(41)64-55)46-32-40-38-17-12-14-19-42(38)59(45(40)33-49(46)63-50)43-20-15-13-18-39(43)52-44(59)21-16-22-47(52)61(10)11/h12-33H,1-11H3/t59-/m0/s1. The lowest BCUT2D eigenvalue weighted by molar-refractivity contribution is 0.482. The minimum atomic E-state index is -0.490. The van der Waals surface area contributed by atoms with Crippen molar-refractivity contribution in [1.29, 1.82) is 0 Å². The number of rotatable bonds is 2. The largest absolute Gasteiger partial charge is 0.458 e. The molecule has 1 atom stereocenters. The maximum atomic E-state index is 7.50. The normalized spacial score (nSPS) is 16.5. The first-order valence-corrected chi connectivity index (χ1v) is 23.8. The minimum Gasteiger partial charge on any atom is -0.458 e. The van der Waals surface area contributed by atoms with Crippen molar-refractivity contribution in [3.63, 3.8) is 0 Å². The van der Waals surface area contributed by atoms with Gasteiger partial charge in [-0.1, -0.05) is 147 Å². The lowest BCUT2D eigenvalue weighted by Crippen LogP contribution is -2.58. The molecule has 3 nitrogen and oxygen atoms in total. The molecular formula is C59H55BN2OS. The van der Waals surface area contributed by atoms with Gasteiger partial charge in [-0.05, 0) is 131 Å². The highest BCUT2D eigenvalue weighted by molar-refractivity contribution is 7.33. The molecule has 5 heteroatoms. The first-order chi connectivity index (χ1) is 30.5. The first kappa shape index (κ1) is 39.5. The molecule has 3 heterocycles. The van der Waals surface area contributed by atoms with Gasteiger partial charge < -0.3 is 14.5 Å². The molecule has 1 spiro atoms. The second kappa shape index (κ2) is 13.0. The Morgan fingerprint density at radius 2 is 1.20 bits per heavy atom. The van der Waals surface area contributed by atoms with Crippen molar-refractivity contribution in [2.75, 3.05) is 23.9 Å². The van der Waals surface area contributed by atoms with Crippen molar-refractivity contribution in [2.24, 2.45) is 0 Å². The summed E-state index contributed by atoms with van der Waals surface area (Å²) in [5, 5.41) is 1.31. The summed E-state index contributed by atoms with van der Waals surface area (Å²) < 4.78 is 10.2. The van der Waals surface area contributed by atoms with Crippen LogP contribution in [-0.2, 0) is 21.7 Å². The monoisotopic (exact) mass is 850 g/mol. The zero-order valence-electron chi connectivity index (χ0n) is 39.0. The third-order valence-corrected chi connectivity index (χ3v) is 16.0. The number of fused-ring (bicyclic) bond motifs is 16. The van der Waals surface area contributed by atoms with Gasteiger partial charge in [0.2, 0.25) is 0 Å². The fraction of sp³-hybridized carbons (Fsp3) is 0.254. The predicted octanol–water partition coefficient (Wildman–Crippen LogP) is 13.6. The molecular weight excluding hydrogens is 796 g/mol. The SMILES string of the molecule is CN(C)c1cccc2c1-c1ccccc1[C@@]21c2ccccc2-c2cc3c(cc21)Oc1cc(C(C)(C)C)cc2c1B3c1sc3ccc(C(C)(C)C)cc3c1N2c1ccc(C(C)(C)C)cc1. The summed E-state index contributed by atoms with van der Waals surface area (Å²) in [4.78, 5) is 4.85. The molecule has 4 aliphatic rings. The lowest BCUT2D eigenvalue weighted by Gasteiger charge is -2.40. The maximum Gasteiger partial charge on any atom is 0.268 e. The van der Waals surface area contributed by atoms with Crippen LogP contribution in [0.25, 0.3) is 32.3 Å². The van der Waals surface area contributed by atoms with Crippen LogP contribution in [-0.4, -0.2) is 20.8 Å². The fourth-order valence-electron chi connectivity index (χ4n) is 11.5. The molecule has 316 valence electrons. The van der Waals surface area contributed by atoms with Gasteiger partial charge in [0.25, 0.3) is 6.71 Å². The summed E-state index contributed by atoms with van der Waals surface area (Å²) >= 11 is 1.96. The van der Waals surface area contributed by atoms with Crippen molar-refractivity contribution in [1.82, 2.24) is 0 Å². The van der Waals surface area contributed by atoms with E-state index in [1.54, 1.807) is 0 Å². The second-order valence-electron chi connectivity index (χ2n) is 22.0. The van der Waals surface area contributed by atoms with E-state index in [9.17, 15) is 0 Å². The van der Waals surface area contributed by atoms with E-state index in [0.717, 1.165) is 11.5 Å². The number of thiophene rings is 1. The number of nitrogens with zero attached hydrogens (tertiary/aromatic N) is 2. The van der Waals surface area contributed by atoms with Gasteiger partial charge in [-0.3, -0.25) is 0 Å². The van der Waals surface area contributed by atoms with Crippen LogP contribution < -0.4 is 30.2 Å². The van der Waals surface area contributed by atoms with Gasteiger partial charge in [0.05, 0.1) is 11.1 Å². The van der Waals surface area contributed by atoms with Crippen molar-refractivity contribution in [3.05, 3.63) is 172 Å². The Labute approximate surface area is 383 Å². The Balaban J connectivity index is 1.17. The van der Waals surface area contributed by atoms with Crippen LogP contribution in [0.15, 0.2) is 133 Å². The van der Waals surface area contributed by atoms with Gasteiger partial charge in [-0.15, -0.1) is 11.3 Å². The Morgan fingerprint density at radius 3 is 1.89 bits per heavy atom. The Bertz CT molecular complexity index is 3300. The van der Waals surface area contributed by atoms with E-state index >= 15 is 0 Å². The van der Waals surface area contributed by atoms with Crippen LogP contribution >= 0.6 is 11.3 Å². The van der Waals surface area contributed by atoms with E-state index in [-0.39, 0.29) is 23.0 Å². The zero-order chi connectivity index (χ0) is 44.4. The highest BCUT2D eigenvalue weighted by atomic mass is 32.1. The van der Waals surface area contributed by atoms with E-state index in [4.69, 9.17) is 4.74 Å². The van der Waals surface area contributed by atoms with E-state index in [2.05, 4.69) is 220 Å². The Hall–Kier alpha value is -6.04. The van der Waals surface area contributed by atoms with Crippen LogP contribution in [0.3, 0.4) is 0 Å². The van der Waals surface area contributed by atoms with Gasteiger partial charge in [0, 0.05) is 51.6 Å². The van der Waals surface area contributed by atoms with Gasteiger partial charge in [0.15, 0.2) is 0 Å². The number of hydrogen-bond donors (Lipinski definition) is 0. The van der Waals surface area contributed by atoms with Crippen LogP contribution in [0.5, 0.6) is 11.5 Å². The fourth-order valence-corrected chi connectivity index (χ4v) is 12.8. The molecule has 0 bridgehead atoms. The smallest absolute Gasteiger partial charge is 0.268 e. The summed E-state index contributed by atoms with van der Waals surface area (Å²) in [6.45, 7) is 20.8. The maximum absolute atomic E-state index is 7.50. The summed E-state index contributed by atoms with van der Waals surface area (Å²) in [5.41, 5.74) is 21.3. The second-order valence-corrected chi connectivity index (χ2v) is 23.1. The van der Waals surface area contributed by atoms with Gasteiger partial charge in [-0.2, -0.15) is 0 Å². The average Bonchev–Trinajstić information content (AvgIpc) is 3.88. The lowest BCUT2D eigenvalue weighted by atomic mass is 9.36. The molecule has 0 saturated carbocycles. The summed E-state index contributed by atoms with van der Waals surface area (Å²) in [7, 11) is 4.33. The van der Waals surface area contributed by atoms with E-state index in [1.165, 1.54) is 110 Å². The van der Waals surface area contributed by atoms with Gasteiger partial charge in [0.1, 0.15) is 11.5 Å². The summed E-state index contributed by atoms with van der Waals surface area (Å²) in [5.74, 6) is 1.92. The molecule has 12 rings (SSSR count). The van der Waals surface area contributed by atoms with E-state index < -0.39 is 5.41 Å². The third-order valence-electron chi connectivity index (χ3n) is 14.8. The first-order valence-electron chi connectivity index (χ1n) is 23.0. The van der Waals surface area contributed by atoms with E-state index in [0.29, 0.717) is 0 Å². The highest BCUT2D eigenvalue weighted by Crippen LogP contribution is 2.64. The van der Waals surface area contributed by atoms with Crippen LogP contribution in [0.1, 0.15) is 101 Å². The number of ether oxygens (including phenoxy) is 1. The predicted molar refractivity (Wildman–Crippen MR) is 274 cm³/mol. The van der Waals surface area contributed by atoms with Gasteiger partial charge in [-0.25, -0.2) is 0 Å². The van der Waals surface area contributed by atoms with Crippen LogP contribution in [0.2, 0.25) is 0 Å². The molecule has 0 N–H and O–H groups in total. The van der Waals surface area contributed by atoms with Crippen molar-refractivity contribution < 1.29 is 4.74 Å². The molecule has 0 fully saturated rings. The molecule has 7 aromatic carbocycles. The van der Waals surface area contributed by atoms with Crippen LogP contribution in [0.4, 0.5) is 22.7 Å². The minimum absolute atomic E-state index is 0.00130. The number of benzene rings is 7. The Morgan fingerprint density at radius 1 is 0.562 bits per heavy atom. The number of hydrogen-bond acceptors (Lipinski definition) is 4. The molecule has 2 aliphatic heterocycles.